The molecule has 36 heavy (non-hydrogen) atoms. The van der Waals surface area contributed by atoms with Crippen LogP contribution in [0.15, 0.2) is 75.8 Å². The summed E-state index contributed by atoms with van der Waals surface area (Å²) in [5.41, 5.74) is 3.04. The Morgan fingerprint density at radius 2 is 1.78 bits per heavy atom. The summed E-state index contributed by atoms with van der Waals surface area (Å²) in [4.78, 5) is 39.1. The quantitative estimate of drug-likeness (QED) is 0.227. The van der Waals surface area contributed by atoms with Gasteiger partial charge in [0.2, 0.25) is 5.78 Å². The van der Waals surface area contributed by atoms with Gasteiger partial charge in [0.15, 0.2) is 11.2 Å². The smallest absolute Gasteiger partial charge is 0.312 e. The number of ketones is 1. The van der Waals surface area contributed by atoms with E-state index in [2.05, 4.69) is 0 Å². The topological polar surface area (TPSA) is 92.0 Å². The normalized spacial score (nSPS) is 17.5. The SMILES string of the molecule is COc1ccc(C=C2Oc3c(ccc4c3C(c3coc5ccc(C)cc5c3=O)CC(=O)O4)C2=O)cc1. The Labute approximate surface area is 205 Å². The lowest BCUT2D eigenvalue weighted by molar-refractivity contribution is -0.135. The van der Waals surface area contributed by atoms with Crippen LogP contribution < -0.4 is 19.6 Å². The molecule has 3 heterocycles. The maximum Gasteiger partial charge on any atom is 0.312 e. The van der Waals surface area contributed by atoms with E-state index >= 15 is 0 Å². The molecule has 0 saturated carbocycles. The molecule has 178 valence electrons. The van der Waals surface area contributed by atoms with Crippen molar-refractivity contribution < 1.29 is 28.2 Å². The standard InChI is InChI=1S/C29H20O7/c1-15-3-9-22-20(11-15)27(31)21(14-34-22)19-13-25(30)35-23-10-8-18-28(32)24(36-29(18)26(19)23)12-16-4-6-17(33-2)7-5-16/h3-12,14,19H,13H2,1-2H3. The zero-order valence-corrected chi connectivity index (χ0v) is 19.5. The second-order valence-electron chi connectivity index (χ2n) is 8.82. The number of fused-ring (bicyclic) bond motifs is 4. The predicted octanol–water partition coefficient (Wildman–Crippen LogP) is 5.17. The van der Waals surface area contributed by atoms with Crippen LogP contribution in [0.25, 0.3) is 17.0 Å². The van der Waals surface area contributed by atoms with Crippen molar-refractivity contribution in [3.05, 3.63) is 105 Å². The Bertz CT molecular complexity index is 1660. The maximum absolute atomic E-state index is 13.5. The number of esters is 1. The van der Waals surface area contributed by atoms with Gasteiger partial charge in [-0.1, -0.05) is 23.8 Å². The maximum atomic E-state index is 13.5. The molecule has 0 N–H and O–H groups in total. The van der Waals surface area contributed by atoms with Gasteiger partial charge in [0.1, 0.15) is 22.8 Å². The van der Waals surface area contributed by atoms with E-state index in [9.17, 15) is 14.4 Å². The van der Waals surface area contributed by atoms with E-state index in [1.807, 2.05) is 25.1 Å². The molecule has 1 aromatic heterocycles. The second kappa shape index (κ2) is 8.23. The van der Waals surface area contributed by atoms with E-state index in [-0.39, 0.29) is 29.1 Å². The van der Waals surface area contributed by atoms with Gasteiger partial charge in [0.05, 0.1) is 30.7 Å². The summed E-state index contributed by atoms with van der Waals surface area (Å²) in [6.45, 7) is 1.89. The number of aryl methyl sites for hydroxylation is 1. The van der Waals surface area contributed by atoms with Gasteiger partial charge in [-0.3, -0.25) is 14.4 Å². The van der Waals surface area contributed by atoms with Crippen molar-refractivity contribution >= 4 is 28.8 Å². The van der Waals surface area contributed by atoms with Crippen LogP contribution in [0.5, 0.6) is 17.2 Å². The number of allylic oxidation sites excluding steroid dienone is 1. The van der Waals surface area contributed by atoms with Crippen LogP contribution in [0, 0.1) is 6.92 Å². The van der Waals surface area contributed by atoms with Gasteiger partial charge < -0.3 is 18.6 Å². The highest BCUT2D eigenvalue weighted by molar-refractivity contribution is 6.15. The van der Waals surface area contributed by atoms with Crippen molar-refractivity contribution in [3.63, 3.8) is 0 Å². The molecule has 2 aliphatic rings. The molecule has 0 fully saturated rings. The van der Waals surface area contributed by atoms with Crippen LogP contribution in [0.1, 0.15) is 45.0 Å². The number of rotatable bonds is 3. The van der Waals surface area contributed by atoms with Crippen LogP contribution in [0.4, 0.5) is 0 Å². The molecule has 2 aliphatic heterocycles. The first-order chi connectivity index (χ1) is 17.4. The number of ether oxygens (including phenoxy) is 3. The fraction of sp³-hybridized carbons (Fsp3) is 0.138. The minimum Gasteiger partial charge on any atom is -0.497 e. The molecule has 7 nitrogen and oxygen atoms in total. The molecule has 0 radical (unpaired) electrons. The van der Waals surface area contributed by atoms with Crippen LogP contribution in [-0.2, 0) is 4.79 Å². The van der Waals surface area contributed by atoms with E-state index in [0.717, 1.165) is 11.1 Å². The molecular formula is C29H20O7. The lowest BCUT2D eigenvalue weighted by Gasteiger charge is -2.25. The number of Topliss-reactive ketones (excluding diaryl/α,β-unsaturated/α-hetero) is 1. The van der Waals surface area contributed by atoms with Crippen molar-refractivity contribution in [2.45, 2.75) is 19.3 Å². The Morgan fingerprint density at radius 1 is 0.972 bits per heavy atom. The van der Waals surface area contributed by atoms with E-state index in [1.165, 1.54) is 6.26 Å². The molecule has 1 atom stereocenters. The molecular weight excluding hydrogens is 460 g/mol. The molecule has 1 unspecified atom stereocenters. The van der Waals surface area contributed by atoms with Crippen LogP contribution in [0.3, 0.4) is 0 Å². The summed E-state index contributed by atoms with van der Waals surface area (Å²) in [7, 11) is 1.58. The molecule has 0 saturated heterocycles. The predicted molar refractivity (Wildman–Crippen MR) is 132 cm³/mol. The largest absolute Gasteiger partial charge is 0.497 e. The summed E-state index contributed by atoms with van der Waals surface area (Å²) >= 11 is 0. The minimum absolute atomic E-state index is 0.0827. The van der Waals surface area contributed by atoms with Crippen molar-refractivity contribution in [1.29, 1.82) is 0 Å². The first kappa shape index (κ1) is 21.9. The minimum atomic E-state index is -0.689. The highest BCUT2D eigenvalue weighted by Gasteiger charge is 2.39. The summed E-state index contributed by atoms with van der Waals surface area (Å²) in [6, 6.07) is 15.7. The lowest BCUT2D eigenvalue weighted by Crippen LogP contribution is -2.25. The molecule has 7 heteroatoms. The first-order valence-electron chi connectivity index (χ1n) is 11.4. The van der Waals surface area contributed by atoms with Gasteiger partial charge in [-0.05, 0) is 55.0 Å². The second-order valence-corrected chi connectivity index (χ2v) is 8.82. The van der Waals surface area contributed by atoms with Crippen LogP contribution in [0.2, 0.25) is 0 Å². The third-order valence-corrected chi connectivity index (χ3v) is 6.52. The lowest BCUT2D eigenvalue weighted by atomic mass is 9.85. The van der Waals surface area contributed by atoms with Crippen molar-refractivity contribution in [2.24, 2.45) is 0 Å². The van der Waals surface area contributed by atoms with E-state index < -0.39 is 11.9 Å². The highest BCUT2D eigenvalue weighted by atomic mass is 16.5. The van der Waals surface area contributed by atoms with Gasteiger partial charge >= 0.3 is 5.97 Å². The number of hydrogen-bond donors (Lipinski definition) is 0. The molecule has 0 amide bonds. The van der Waals surface area contributed by atoms with Gasteiger partial charge in [-0.25, -0.2) is 0 Å². The van der Waals surface area contributed by atoms with Gasteiger partial charge in [-0.2, -0.15) is 0 Å². The van der Waals surface area contributed by atoms with E-state index in [0.29, 0.717) is 39.2 Å². The van der Waals surface area contributed by atoms with Gasteiger partial charge in [-0.15, -0.1) is 0 Å². The Hall–Kier alpha value is -4.65. The summed E-state index contributed by atoms with van der Waals surface area (Å²) < 4.78 is 22.5. The van der Waals surface area contributed by atoms with Gasteiger partial charge in [0, 0.05) is 17.0 Å². The average Bonchev–Trinajstić information content (AvgIpc) is 3.19. The monoisotopic (exact) mass is 480 g/mol. The van der Waals surface area contributed by atoms with E-state index in [1.54, 1.807) is 49.6 Å². The average molecular weight is 480 g/mol. The molecule has 6 rings (SSSR count). The number of carbonyl (C=O) groups excluding carboxylic acids is 2. The van der Waals surface area contributed by atoms with Crippen LogP contribution >= 0.6 is 0 Å². The third-order valence-electron chi connectivity index (χ3n) is 6.52. The highest BCUT2D eigenvalue weighted by Crippen LogP contribution is 2.48. The molecule has 0 bridgehead atoms. The first-order valence-corrected chi connectivity index (χ1v) is 11.4. The summed E-state index contributed by atoms with van der Waals surface area (Å²) in [6.07, 6.45) is 2.95. The Morgan fingerprint density at radius 3 is 2.56 bits per heavy atom. The Balaban J connectivity index is 1.48. The zero-order chi connectivity index (χ0) is 25.0. The van der Waals surface area contributed by atoms with Crippen molar-refractivity contribution in [2.75, 3.05) is 7.11 Å². The molecule has 0 aliphatic carbocycles. The number of carbonyl (C=O) groups is 2. The Kier molecular flexibility index (Phi) is 5.00. The van der Waals surface area contributed by atoms with Gasteiger partial charge in [0.25, 0.3) is 0 Å². The number of hydrogen-bond acceptors (Lipinski definition) is 7. The number of benzene rings is 3. The zero-order valence-electron chi connectivity index (χ0n) is 19.5. The van der Waals surface area contributed by atoms with E-state index in [4.69, 9.17) is 18.6 Å². The third kappa shape index (κ3) is 3.48. The molecule has 0 spiro atoms. The fourth-order valence-electron chi connectivity index (χ4n) is 4.72. The molecule has 4 aromatic rings. The fourth-order valence-corrected chi connectivity index (χ4v) is 4.72. The summed E-state index contributed by atoms with van der Waals surface area (Å²) in [5.74, 6) is -0.0705. The van der Waals surface area contributed by atoms with Crippen molar-refractivity contribution in [3.8, 4) is 17.2 Å². The van der Waals surface area contributed by atoms with Crippen LogP contribution in [-0.4, -0.2) is 18.9 Å². The molecule has 3 aromatic carbocycles. The summed E-state index contributed by atoms with van der Waals surface area (Å²) in [5, 5.41) is 0.428. The number of methoxy groups -OCH3 is 1. The van der Waals surface area contributed by atoms with Crippen molar-refractivity contribution in [1.82, 2.24) is 0 Å².